The number of nitrogens with one attached hydrogen (secondary N) is 1. The summed E-state index contributed by atoms with van der Waals surface area (Å²) in [6.45, 7) is 2.08. The third-order valence-corrected chi connectivity index (χ3v) is 5.13. The molecule has 1 fully saturated rings. The molecule has 0 radical (unpaired) electrons. The number of amides is 2. The molecule has 1 saturated carbocycles. The SMILES string of the molecule is C[C@@H](c1cccnc1)N(C(=O)Nc1ccc(Cl)cc1)C1CCCCC1. The van der Waals surface area contributed by atoms with Gasteiger partial charge in [-0.15, -0.1) is 0 Å². The quantitative estimate of drug-likeness (QED) is 0.766. The Morgan fingerprint density at radius 1 is 1.20 bits per heavy atom. The predicted octanol–water partition coefficient (Wildman–Crippen LogP) is 5.66. The molecule has 1 aliphatic carbocycles. The van der Waals surface area contributed by atoms with E-state index in [1.807, 2.05) is 35.4 Å². The van der Waals surface area contributed by atoms with Gasteiger partial charge in [-0.2, -0.15) is 0 Å². The number of benzene rings is 1. The number of anilines is 1. The summed E-state index contributed by atoms with van der Waals surface area (Å²) in [6, 6.07) is 11.3. The van der Waals surface area contributed by atoms with Gasteiger partial charge in [0, 0.05) is 29.1 Å². The molecular formula is C20H24ClN3O. The van der Waals surface area contributed by atoms with Gasteiger partial charge < -0.3 is 10.2 Å². The Bertz CT molecular complexity index is 684. The summed E-state index contributed by atoms with van der Waals surface area (Å²) in [4.78, 5) is 19.3. The van der Waals surface area contributed by atoms with Gasteiger partial charge in [0.05, 0.1) is 6.04 Å². The van der Waals surface area contributed by atoms with E-state index in [0.29, 0.717) is 5.02 Å². The lowest BCUT2D eigenvalue weighted by Gasteiger charge is -2.38. The van der Waals surface area contributed by atoms with E-state index >= 15 is 0 Å². The van der Waals surface area contributed by atoms with Crippen molar-refractivity contribution in [3.63, 3.8) is 0 Å². The molecule has 2 amide bonds. The molecule has 1 heterocycles. The van der Waals surface area contributed by atoms with E-state index in [2.05, 4.69) is 17.2 Å². The maximum absolute atomic E-state index is 13.1. The molecule has 25 heavy (non-hydrogen) atoms. The van der Waals surface area contributed by atoms with Crippen molar-refractivity contribution < 1.29 is 4.79 Å². The minimum absolute atomic E-state index is 0.0240. The average molecular weight is 358 g/mol. The van der Waals surface area contributed by atoms with Gasteiger partial charge in [0.15, 0.2) is 0 Å². The van der Waals surface area contributed by atoms with Crippen LogP contribution in [0.4, 0.5) is 10.5 Å². The zero-order chi connectivity index (χ0) is 17.6. The van der Waals surface area contributed by atoms with Crippen LogP contribution >= 0.6 is 11.6 Å². The Kier molecular flexibility index (Phi) is 5.92. The van der Waals surface area contributed by atoms with Crippen molar-refractivity contribution in [1.29, 1.82) is 0 Å². The molecule has 0 spiro atoms. The Morgan fingerprint density at radius 3 is 2.56 bits per heavy atom. The van der Waals surface area contributed by atoms with Gasteiger partial charge in [0.25, 0.3) is 0 Å². The Hall–Kier alpha value is -2.07. The van der Waals surface area contributed by atoms with Crippen LogP contribution in [0.1, 0.15) is 50.6 Å². The summed E-state index contributed by atoms with van der Waals surface area (Å²) in [5, 5.41) is 3.68. The number of pyridine rings is 1. The number of hydrogen-bond acceptors (Lipinski definition) is 2. The van der Waals surface area contributed by atoms with Gasteiger partial charge in [-0.25, -0.2) is 4.79 Å². The van der Waals surface area contributed by atoms with Crippen molar-refractivity contribution in [3.05, 3.63) is 59.4 Å². The third kappa shape index (κ3) is 4.51. The highest BCUT2D eigenvalue weighted by molar-refractivity contribution is 6.30. The fourth-order valence-corrected chi connectivity index (χ4v) is 3.65. The van der Waals surface area contributed by atoms with Crippen LogP contribution in [-0.2, 0) is 0 Å². The van der Waals surface area contributed by atoms with E-state index in [1.165, 1.54) is 19.3 Å². The zero-order valence-electron chi connectivity index (χ0n) is 14.5. The second kappa shape index (κ2) is 8.34. The van der Waals surface area contributed by atoms with Crippen molar-refractivity contribution in [2.45, 2.75) is 51.1 Å². The molecule has 1 N–H and O–H groups in total. The van der Waals surface area contributed by atoms with Crippen molar-refractivity contribution >= 4 is 23.3 Å². The summed E-state index contributed by atoms with van der Waals surface area (Å²) in [5.41, 5.74) is 1.81. The molecule has 0 saturated heterocycles. The first-order valence-corrected chi connectivity index (χ1v) is 9.28. The van der Waals surface area contributed by atoms with Crippen LogP contribution in [0.15, 0.2) is 48.8 Å². The molecule has 1 aromatic heterocycles. The van der Waals surface area contributed by atoms with Crippen LogP contribution in [0, 0.1) is 0 Å². The highest BCUT2D eigenvalue weighted by atomic mass is 35.5. The maximum atomic E-state index is 13.1. The summed E-state index contributed by atoms with van der Waals surface area (Å²) < 4.78 is 0. The second-order valence-corrected chi connectivity index (χ2v) is 7.03. The molecule has 1 atom stereocenters. The molecule has 3 rings (SSSR count). The molecular weight excluding hydrogens is 334 g/mol. The lowest BCUT2D eigenvalue weighted by atomic mass is 9.92. The molecule has 1 aliphatic rings. The highest BCUT2D eigenvalue weighted by Crippen LogP contribution is 2.30. The van der Waals surface area contributed by atoms with Crippen LogP contribution < -0.4 is 5.32 Å². The Labute approximate surface area is 154 Å². The lowest BCUT2D eigenvalue weighted by Crippen LogP contribution is -2.45. The van der Waals surface area contributed by atoms with E-state index in [-0.39, 0.29) is 18.1 Å². The number of aromatic nitrogens is 1. The van der Waals surface area contributed by atoms with Gasteiger partial charge in [-0.05, 0) is 55.7 Å². The smallest absolute Gasteiger partial charge is 0.315 e. The van der Waals surface area contributed by atoms with E-state index in [4.69, 9.17) is 11.6 Å². The maximum Gasteiger partial charge on any atom is 0.322 e. The van der Waals surface area contributed by atoms with Gasteiger partial charge in [0.2, 0.25) is 0 Å². The summed E-state index contributed by atoms with van der Waals surface area (Å²) in [6.07, 6.45) is 9.32. The first-order valence-electron chi connectivity index (χ1n) is 8.90. The third-order valence-electron chi connectivity index (χ3n) is 4.88. The van der Waals surface area contributed by atoms with E-state index in [9.17, 15) is 4.79 Å². The molecule has 1 aromatic carbocycles. The number of carbonyl (C=O) groups excluding carboxylic acids is 1. The van der Waals surface area contributed by atoms with Crippen LogP contribution in [0.5, 0.6) is 0 Å². The second-order valence-electron chi connectivity index (χ2n) is 6.60. The van der Waals surface area contributed by atoms with Crippen molar-refractivity contribution in [1.82, 2.24) is 9.88 Å². The van der Waals surface area contributed by atoms with E-state index < -0.39 is 0 Å². The first-order chi connectivity index (χ1) is 12.1. The van der Waals surface area contributed by atoms with Crippen LogP contribution in [0.3, 0.4) is 0 Å². The molecule has 5 heteroatoms. The number of hydrogen-bond donors (Lipinski definition) is 1. The standard InChI is InChI=1S/C20H24ClN3O/c1-15(16-6-5-13-22-14-16)24(19-7-3-2-4-8-19)20(25)23-18-11-9-17(21)10-12-18/h5-6,9-15,19H,2-4,7-8H2,1H3,(H,23,25)/t15-/m0/s1. The fraction of sp³-hybridized carbons (Fsp3) is 0.400. The average Bonchev–Trinajstić information content (AvgIpc) is 2.65. The molecule has 0 unspecified atom stereocenters. The van der Waals surface area contributed by atoms with Gasteiger partial charge in [-0.1, -0.05) is 36.9 Å². The molecule has 132 valence electrons. The van der Waals surface area contributed by atoms with E-state index in [0.717, 1.165) is 24.1 Å². The van der Waals surface area contributed by atoms with Gasteiger partial charge in [-0.3, -0.25) is 4.98 Å². The summed E-state index contributed by atoms with van der Waals surface area (Å²) in [7, 11) is 0. The van der Waals surface area contributed by atoms with Gasteiger partial charge >= 0.3 is 6.03 Å². The number of halogens is 1. The summed E-state index contributed by atoms with van der Waals surface area (Å²) in [5.74, 6) is 0. The monoisotopic (exact) mass is 357 g/mol. The first kappa shape index (κ1) is 17.7. The predicted molar refractivity (Wildman–Crippen MR) is 102 cm³/mol. The van der Waals surface area contributed by atoms with Gasteiger partial charge in [0.1, 0.15) is 0 Å². The summed E-state index contributed by atoms with van der Waals surface area (Å²) >= 11 is 5.93. The van der Waals surface area contributed by atoms with Crippen molar-refractivity contribution in [3.8, 4) is 0 Å². The largest absolute Gasteiger partial charge is 0.322 e. The molecule has 0 aliphatic heterocycles. The fourth-order valence-electron chi connectivity index (χ4n) is 3.52. The number of urea groups is 1. The number of rotatable bonds is 4. The highest BCUT2D eigenvalue weighted by Gasteiger charge is 2.30. The zero-order valence-corrected chi connectivity index (χ0v) is 15.2. The van der Waals surface area contributed by atoms with Crippen LogP contribution in [0.2, 0.25) is 5.02 Å². The molecule has 4 nitrogen and oxygen atoms in total. The topological polar surface area (TPSA) is 45.2 Å². The van der Waals surface area contributed by atoms with Crippen LogP contribution in [-0.4, -0.2) is 22.0 Å². The Balaban J connectivity index is 1.82. The normalized spacial score (nSPS) is 16.2. The van der Waals surface area contributed by atoms with E-state index in [1.54, 1.807) is 18.3 Å². The molecule has 2 aromatic rings. The number of carbonyl (C=O) groups is 1. The van der Waals surface area contributed by atoms with Crippen molar-refractivity contribution in [2.75, 3.05) is 5.32 Å². The lowest BCUT2D eigenvalue weighted by molar-refractivity contribution is 0.139. The van der Waals surface area contributed by atoms with Crippen LogP contribution in [0.25, 0.3) is 0 Å². The molecule has 0 bridgehead atoms. The van der Waals surface area contributed by atoms with Crippen molar-refractivity contribution in [2.24, 2.45) is 0 Å². The number of nitrogens with zero attached hydrogens (tertiary/aromatic N) is 2. The Morgan fingerprint density at radius 2 is 1.92 bits per heavy atom. The minimum atomic E-state index is -0.0643. The minimum Gasteiger partial charge on any atom is -0.315 e.